The minimum absolute atomic E-state index is 0.294. The molecular formula is C17H26N2O2. The molecule has 0 bridgehead atoms. The first-order chi connectivity index (χ1) is 10.0. The molecule has 0 spiro atoms. The zero-order chi connectivity index (χ0) is 14.9. The first-order valence-electron chi connectivity index (χ1n) is 7.89. The number of rotatable bonds is 3. The van der Waals surface area contributed by atoms with Crippen LogP contribution >= 0.6 is 0 Å². The predicted octanol–water partition coefficient (Wildman–Crippen LogP) is 2.77. The molecule has 0 aliphatic carbocycles. The van der Waals surface area contributed by atoms with Crippen LogP contribution in [-0.2, 0) is 6.54 Å². The number of likely N-dealkylation sites (tertiary alicyclic amines) is 1. The molecule has 116 valence electrons. The molecule has 2 aliphatic rings. The average Bonchev–Trinajstić information content (AvgIpc) is 2.92. The number of hydrogen-bond donors (Lipinski definition) is 1. The number of hydrogen-bond acceptors (Lipinski definition) is 4. The van der Waals surface area contributed by atoms with Crippen molar-refractivity contribution >= 4 is 0 Å². The summed E-state index contributed by atoms with van der Waals surface area (Å²) in [6, 6.07) is 6.82. The van der Waals surface area contributed by atoms with Gasteiger partial charge in [-0.15, -0.1) is 0 Å². The van der Waals surface area contributed by atoms with Crippen LogP contribution in [0.15, 0.2) is 18.2 Å². The molecule has 1 aromatic carbocycles. The molecule has 1 saturated heterocycles. The fraction of sp³-hybridized carbons (Fsp3) is 0.647. The Bertz CT molecular complexity index is 488. The Balaban J connectivity index is 1.48. The fourth-order valence-corrected chi connectivity index (χ4v) is 3.07. The van der Waals surface area contributed by atoms with Crippen molar-refractivity contribution in [3.8, 4) is 11.5 Å². The smallest absolute Gasteiger partial charge is 0.231 e. The van der Waals surface area contributed by atoms with Gasteiger partial charge in [-0.05, 0) is 51.3 Å². The van der Waals surface area contributed by atoms with Crippen LogP contribution in [0.25, 0.3) is 0 Å². The standard InChI is InChI=1S/C17H26N2O2/c1-17(2,3)19-8-6-14(7-9-19)18-11-13-4-5-15-16(10-13)21-12-20-15/h4-5,10,14,18H,6-9,11-12H2,1-3H3. The average molecular weight is 290 g/mol. The Kier molecular flexibility index (Phi) is 4.09. The zero-order valence-electron chi connectivity index (χ0n) is 13.3. The van der Waals surface area contributed by atoms with Crippen LogP contribution in [0, 0.1) is 0 Å². The molecule has 4 heteroatoms. The van der Waals surface area contributed by atoms with E-state index in [0.717, 1.165) is 18.0 Å². The lowest BCUT2D eigenvalue weighted by Crippen LogP contribution is -2.49. The normalized spacial score (nSPS) is 20.0. The molecule has 1 aromatic rings. The van der Waals surface area contributed by atoms with Crippen molar-refractivity contribution in [1.82, 2.24) is 10.2 Å². The van der Waals surface area contributed by atoms with Crippen LogP contribution in [0.3, 0.4) is 0 Å². The highest BCUT2D eigenvalue weighted by Crippen LogP contribution is 2.32. The molecule has 4 nitrogen and oxygen atoms in total. The lowest BCUT2D eigenvalue weighted by Gasteiger charge is -2.41. The molecule has 0 radical (unpaired) electrons. The third kappa shape index (κ3) is 3.50. The second kappa shape index (κ2) is 5.85. The Hall–Kier alpha value is -1.26. The molecule has 0 aromatic heterocycles. The van der Waals surface area contributed by atoms with E-state index in [1.54, 1.807) is 0 Å². The van der Waals surface area contributed by atoms with E-state index in [1.807, 2.05) is 6.07 Å². The van der Waals surface area contributed by atoms with Crippen LogP contribution in [0.4, 0.5) is 0 Å². The Labute approximate surface area is 127 Å². The molecule has 1 N–H and O–H groups in total. The van der Waals surface area contributed by atoms with E-state index in [1.165, 1.54) is 31.5 Å². The van der Waals surface area contributed by atoms with Crippen LogP contribution in [0.1, 0.15) is 39.2 Å². The molecule has 0 amide bonds. The van der Waals surface area contributed by atoms with Crippen LogP contribution in [-0.4, -0.2) is 36.4 Å². The summed E-state index contributed by atoms with van der Waals surface area (Å²) in [4.78, 5) is 2.58. The first-order valence-corrected chi connectivity index (χ1v) is 7.89. The van der Waals surface area contributed by atoms with Crippen molar-refractivity contribution in [2.75, 3.05) is 19.9 Å². The number of fused-ring (bicyclic) bond motifs is 1. The molecule has 0 unspecified atom stereocenters. The van der Waals surface area contributed by atoms with Crippen molar-refractivity contribution < 1.29 is 9.47 Å². The summed E-state index contributed by atoms with van der Waals surface area (Å²) in [5.41, 5.74) is 1.56. The van der Waals surface area contributed by atoms with Crippen molar-refractivity contribution in [3.05, 3.63) is 23.8 Å². The molecule has 2 heterocycles. The van der Waals surface area contributed by atoms with Gasteiger partial charge in [0.25, 0.3) is 0 Å². The topological polar surface area (TPSA) is 33.7 Å². The SMILES string of the molecule is CC(C)(C)N1CCC(NCc2ccc3c(c2)OCO3)CC1. The number of ether oxygens (including phenoxy) is 2. The highest BCUT2D eigenvalue weighted by atomic mass is 16.7. The molecule has 3 rings (SSSR count). The third-order valence-corrected chi connectivity index (χ3v) is 4.48. The molecule has 2 aliphatic heterocycles. The lowest BCUT2D eigenvalue weighted by molar-refractivity contribution is 0.0960. The summed E-state index contributed by atoms with van der Waals surface area (Å²) in [6.07, 6.45) is 2.45. The number of piperidine rings is 1. The van der Waals surface area contributed by atoms with E-state index < -0.39 is 0 Å². The van der Waals surface area contributed by atoms with Gasteiger partial charge in [0.2, 0.25) is 6.79 Å². The van der Waals surface area contributed by atoms with Gasteiger partial charge in [0.15, 0.2) is 11.5 Å². The third-order valence-electron chi connectivity index (χ3n) is 4.48. The fourth-order valence-electron chi connectivity index (χ4n) is 3.07. The summed E-state index contributed by atoms with van der Waals surface area (Å²) in [6.45, 7) is 10.5. The van der Waals surface area contributed by atoms with Crippen LogP contribution in [0.2, 0.25) is 0 Å². The van der Waals surface area contributed by atoms with Crippen LogP contribution < -0.4 is 14.8 Å². The zero-order valence-corrected chi connectivity index (χ0v) is 13.3. The van der Waals surface area contributed by atoms with Gasteiger partial charge in [-0.3, -0.25) is 4.90 Å². The Morgan fingerprint density at radius 1 is 1.14 bits per heavy atom. The summed E-state index contributed by atoms with van der Waals surface area (Å²) in [7, 11) is 0. The largest absolute Gasteiger partial charge is 0.454 e. The van der Waals surface area contributed by atoms with Gasteiger partial charge in [-0.25, -0.2) is 0 Å². The summed E-state index contributed by atoms with van der Waals surface area (Å²) in [5, 5.41) is 3.68. The van der Waals surface area contributed by atoms with Gasteiger partial charge < -0.3 is 14.8 Å². The van der Waals surface area contributed by atoms with Gasteiger partial charge in [0.05, 0.1) is 0 Å². The van der Waals surface area contributed by atoms with E-state index in [0.29, 0.717) is 18.4 Å². The molecule has 0 saturated carbocycles. The molecular weight excluding hydrogens is 264 g/mol. The van der Waals surface area contributed by atoms with Gasteiger partial charge >= 0.3 is 0 Å². The molecule has 0 atom stereocenters. The molecule has 21 heavy (non-hydrogen) atoms. The van der Waals surface area contributed by atoms with E-state index in [2.05, 4.69) is 43.1 Å². The monoisotopic (exact) mass is 290 g/mol. The van der Waals surface area contributed by atoms with Crippen molar-refractivity contribution in [2.24, 2.45) is 0 Å². The van der Waals surface area contributed by atoms with Crippen LogP contribution in [0.5, 0.6) is 11.5 Å². The predicted molar refractivity (Wildman–Crippen MR) is 83.8 cm³/mol. The minimum Gasteiger partial charge on any atom is -0.454 e. The number of nitrogens with one attached hydrogen (secondary N) is 1. The van der Waals surface area contributed by atoms with Crippen molar-refractivity contribution in [1.29, 1.82) is 0 Å². The van der Waals surface area contributed by atoms with Gasteiger partial charge in [0.1, 0.15) is 0 Å². The number of benzene rings is 1. The molecule has 1 fully saturated rings. The second-order valence-electron chi connectivity index (χ2n) is 7.00. The van der Waals surface area contributed by atoms with Gasteiger partial charge in [0, 0.05) is 31.2 Å². The summed E-state index contributed by atoms with van der Waals surface area (Å²) < 4.78 is 10.8. The highest BCUT2D eigenvalue weighted by Gasteiger charge is 2.26. The Morgan fingerprint density at radius 2 is 1.86 bits per heavy atom. The summed E-state index contributed by atoms with van der Waals surface area (Å²) >= 11 is 0. The Morgan fingerprint density at radius 3 is 2.57 bits per heavy atom. The maximum absolute atomic E-state index is 5.43. The van der Waals surface area contributed by atoms with E-state index in [-0.39, 0.29) is 0 Å². The first kappa shape index (κ1) is 14.7. The minimum atomic E-state index is 0.294. The van der Waals surface area contributed by atoms with Gasteiger partial charge in [-0.1, -0.05) is 6.07 Å². The maximum atomic E-state index is 5.43. The van der Waals surface area contributed by atoms with Crippen molar-refractivity contribution in [3.63, 3.8) is 0 Å². The van der Waals surface area contributed by atoms with E-state index in [9.17, 15) is 0 Å². The van der Waals surface area contributed by atoms with E-state index in [4.69, 9.17) is 9.47 Å². The van der Waals surface area contributed by atoms with Gasteiger partial charge in [-0.2, -0.15) is 0 Å². The van der Waals surface area contributed by atoms with E-state index >= 15 is 0 Å². The maximum Gasteiger partial charge on any atom is 0.231 e. The summed E-state index contributed by atoms with van der Waals surface area (Å²) in [5.74, 6) is 1.73. The highest BCUT2D eigenvalue weighted by molar-refractivity contribution is 5.44. The van der Waals surface area contributed by atoms with Crippen molar-refractivity contribution in [2.45, 2.75) is 51.7 Å². The number of nitrogens with zero attached hydrogens (tertiary/aromatic N) is 1. The second-order valence-corrected chi connectivity index (χ2v) is 7.00. The lowest BCUT2D eigenvalue weighted by atomic mass is 9.98. The quantitative estimate of drug-likeness (QED) is 0.928.